The van der Waals surface area contributed by atoms with Crippen LogP contribution in [-0.4, -0.2) is 47.0 Å². The first-order valence-corrected chi connectivity index (χ1v) is 11.1. The van der Waals surface area contributed by atoms with Crippen molar-refractivity contribution in [2.75, 3.05) is 36.4 Å². The Balaban J connectivity index is 1.44. The van der Waals surface area contributed by atoms with Crippen molar-refractivity contribution in [1.29, 1.82) is 0 Å². The summed E-state index contributed by atoms with van der Waals surface area (Å²) in [5.74, 6) is 1.57. The molecule has 1 aromatic heterocycles. The number of piperazine rings is 1. The number of aryl methyl sites for hydroxylation is 2. The number of carbonyl (C=O) groups is 1. The third kappa shape index (κ3) is 4.72. The molecule has 0 radical (unpaired) electrons. The Hall–Kier alpha value is -2.68. The molecule has 0 saturated carbocycles. The molecule has 0 aliphatic carbocycles. The number of halogens is 1. The van der Waals surface area contributed by atoms with Gasteiger partial charge in [-0.05, 0) is 60.7 Å². The van der Waals surface area contributed by atoms with E-state index in [0.717, 1.165) is 26.3 Å². The number of rotatable bonds is 4. The van der Waals surface area contributed by atoms with Gasteiger partial charge in [0.15, 0.2) is 0 Å². The summed E-state index contributed by atoms with van der Waals surface area (Å²) in [4.78, 5) is 26.3. The highest BCUT2D eigenvalue weighted by Gasteiger charge is 2.24. The summed E-state index contributed by atoms with van der Waals surface area (Å²) in [7, 11) is 0. The van der Waals surface area contributed by atoms with Crippen LogP contribution in [0.3, 0.4) is 0 Å². The van der Waals surface area contributed by atoms with Crippen molar-refractivity contribution >= 4 is 46.0 Å². The van der Waals surface area contributed by atoms with Gasteiger partial charge in [0.2, 0.25) is 5.95 Å². The monoisotopic (exact) mass is 513 g/mol. The van der Waals surface area contributed by atoms with E-state index < -0.39 is 0 Å². The van der Waals surface area contributed by atoms with Crippen LogP contribution in [0, 0.1) is 17.4 Å². The number of nitrogens with one attached hydrogen (secondary N) is 1. The van der Waals surface area contributed by atoms with Crippen LogP contribution in [0.5, 0.6) is 0 Å². The molecule has 4 rings (SSSR count). The molecule has 1 N–H and O–H groups in total. The Morgan fingerprint density at radius 3 is 2.37 bits per heavy atom. The van der Waals surface area contributed by atoms with Gasteiger partial charge in [0, 0.05) is 47.2 Å². The highest BCUT2D eigenvalue weighted by molar-refractivity contribution is 14.1. The van der Waals surface area contributed by atoms with E-state index in [-0.39, 0.29) is 5.91 Å². The van der Waals surface area contributed by atoms with E-state index in [1.165, 1.54) is 5.56 Å². The van der Waals surface area contributed by atoms with Crippen molar-refractivity contribution in [3.63, 3.8) is 0 Å². The lowest BCUT2D eigenvalue weighted by molar-refractivity contribution is 0.0745. The van der Waals surface area contributed by atoms with Gasteiger partial charge in [0.25, 0.3) is 5.91 Å². The fourth-order valence-electron chi connectivity index (χ4n) is 3.46. The van der Waals surface area contributed by atoms with Crippen LogP contribution in [0.25, 0.3) is 0 Å². The van der Waals surface area contributed by atoms with E-state index in [1.807, 2.05) is 54.3 Å². The molecule has 6 nitrogen and oxygen atoms in total. The fraction of sp³-hybridized carbons (Fsp3) is 0.261. The molecule has 2 heterocycles. The summed E-state index contributed by atoms with van der Waals surface area (Å²) in [6.45, 7) is 6.78. The minimum Gasteiger partial charge on any atom is -0.340 e. The number of amides is 1. The first-order valence-electron chi connectivity index (χ1n) is 9.98. The average molecular weight is 513 g/mol. The number of hydrogen-bond acceptors (Lipinski definition) is 5. The Bertz CT molecular complexity index is 1050. The molecule has 2 aromatic carbocycles. The van der Waals surface area contributed by atoms with E-state index in [2.05, 4.69) is 56.8 Å². The van der Waals surface area contributed by atoms with Gasteiger partial charge in [0.1, 0.15) is 5.82 Å². The van der Waals surface area contributed by atoms with Crippen LogP contribution >= 0.6 is 22.6 Å². The predicted octanol–water partition coefficient (Wildman–Crippen LogP) is 4.40. The minimum absolute atomic E-state index is 0.0894. The zero-order chi connectivity index (χ0) is 21.1. The number of nitrogens with zero attached hydrogens (tertiary/aromatic N) is 4. The van der Waals surface area contributed by atoms with Crippen molar-refractivity contribution in [1.82, 2.24) is 14.9 Å². The van der Waals surface area contributed by atoms with Crippen LogP contribution < -0.4 is 10.2 Å². The van der Waals surface area contributed by atoms with E-state index >= 15 is 0 Å². The molecular weight excluding hydrogens is 489 g/mol. The van der Waals surface area contributed by atoms with Gasteiger partial charge < -0.3 is 15.1 Å². The van der Waals surface area contributed by atoms with Crippen LogP contribution in [0.4, 0.5) is 17.5 Å². The molecule has 154 valence electrons. The molecule has 0 bridgehead atoms. The van der Waals surface area contributed by atoms with Gasteiger partial charge in [-0.1, -0.05) is 29.8 Å². The highest BCUT2D eigenvalue weighted by atomic mass is 127. The number of anilines is 3. The van der Waals surface area contributed by atoms with Crippen molar-refractivity contribution in [2.24, 2.45) is 0 Å². The van der Waals surface area contributed by atoms with Gasteiger partial charge in [-0.2, -0.15) is 4.98 Å². The number of hydrogen-bond donors (Lipinski definition) is 1. The molecule has 1 saturated heterocycles. The normalized spacial score (nSPS) is 14.0. The molecule has 1 aliphatic rings. The molecule has 7 heteroatoms. The van der Waals surface area contributed by atoms with Gasteiger partial charge in [-0.25, -0.2) is 4.98 Å². The molecule has 1 amide bonds. The summed E-state index contributed by atoms with van der Waals surface area (Å²) < 4.78 is 0.983. The number of carbonyl (C=O) groups excluding carboxylic acids is 1. The number of benzene rings is 2. The average Bonchev–Trinajstić information content (AvgIpc) is 2.75. The second-order valence-electron chi connectivity index (χ2n) is 7.44. The first-order chi connectivity index (χ1) is 14.5. The maximum absolute atomic E-state index is 12.9. The molecule has 0 unspecified atom stereocenters. The quantitative estimate of drug-likeness (QED) is 0.524. The highest BCUT2D eigenvalue weighted by Crippen LogP contribution is 2.21. The zero-order valence-electron chi connectivity index (χ0n) is 17.1. The van der Waals surface area contributed by atoms with Gasteiger partial charge in [-0.3, -0.25) is 4.79 Å². The maximum Gasteiger partial charge on any atom is 0.255 e. The van der Waals surface area contributed by atoms with Crippen LogP contribution in [0.15, 0.2) is 54.6 Å². The SMILES string of the molecule is Cc1ccc(Nc2cc(C)nc(N3CCN(C(=O)c4ccccc4I)CC3)n2)cc1. The van der Waals surface area contributed by atoms with Gasteiger partial charge >= 0.3 is 0 Å². The molecule has 1 aliphatic heterocycles. The summed E-state index contributed by atoms with van der Waals surface area (Å²) in [5.41, 5.74) is 3.89. The second-order valence-corrected chi connectivity index (χ2v) is 8.61. The number of aromatic nitrogens is 2. The standard InChI is InChI=1S/C23H24IN5O/c1-16-7-9-18(10-8-16)26-21-15-17(2)25-23(27-21)29-13-11-28(12-14-29)22(30)19-5-3-4-6-20(19)24/h3-10,15H,11-14H2,1-2H3,(H,25,26,27). The summed E-state index contributed by atoms with van der Waals surface area (Å²) in [5, 5.41) is 3.36. The predicted molar refractivity (Wildman–Crippen MR) is 129 cm³/mol. The molecular formula is C23H24IN5O. The Morgan fingerprint density at radius 2 is 1.67 bits per heavy atom. The smallest absolute Gasteiger partial charge is 0.255 e. The Kier molecular flexibility index (Phi) is 6.17. The lowest BCUT2D eigenvalue weighted by Gasteiger charge is -2.35. The Morgan fingerprint density at radius 1 is 0.967 bits per heavy atom. The minimum atomic E-state index is 0.0894. The van der Waals surface area contributed by atoms with E-state index in [0.29, 0.717) is 32.1 Å². The molecule has 0 atom stereocenters. The molecule has 3 aromatic rings. The fourth-order valence-corrected chi connectivity index (χ4v) is 4.08. The first kappa shape index (κ1) is 20.6. The topological polar surface area (TPSA) is 61.4 Å². The zero-order valence-corrected chi connectivity index (χ0v) is 19.3. The second kappa shape index (κ2) is 8.99. The lowest BCUT2D eigenvalue weighted by atomic mass is 10.2. The molecule has 30 heavy (non-hydrogen) atoms. The van der Waals surface area contributed by atoms with Crippen molar-refractivity contribution in [3.05, 3.63) is 75.0 Å². The van der Waals surface area contributed by atoms with E-state index in [1.54, 1.807) is 0 Å². The van der Waals surface area contributed by atoms with Crippen LogP contribution in [0.2, 0.25) is 0 Å². The molecule has 0 spiro atoms. The summed E-state index contributed by atoms with van der Waals surface area (Å²) in [6, 6.07) is 17.9. The third-order valence-electron chi connectivity index (χ3n) is 5.12. The van der Waals surface area contributed by atoms with Crippen LogP contribution in [0.1, 0.15) is 21.6 Å². The lowest BCUT2D eigenvalue weighted by Crippen LogP contribution is -2.49. The van der Waals surface area contributed by atoms with E-state index in [4.69, 9.17) is 4.98 Å². The van der Waals surface area contributed by atoms with Gasteiger partial charge in [-0.15, -0.1) is 0 Å². The van der Waals surface area contributed by atoms with E-state index in [9.17, 15) is 4.79 Å². The van der Waals surface area contributed by atoms with Crippen molar-refractivity contribution < 1.29 is 4.79 Å². The summed E-state index contributed by atoms with van der Waals surface area (Å²) in [6.07, 6.45) is 0. The molecule has 1 fully saturated rings. The van der Waals surface area contributed by atoms with Gasteiger partial charge in [0.05, 0.1) is 5.56 Å². The van der Waals surface area contributed by atoms with Crippen molar-refractivity contribution in [2.45, 2.75) is 13.8 Å². The third-order valence-corrected chi connectivity index (χ3v) is 6.06. The van der Waals surface area contributed by atoms with Crippen LogP contribution in [-0.2, 0) is 0 Å². The van der Waals surface area contributed by atoms with Crippen molar-refractivity contribution in [3.8, 4) is 0 Å². The Labute approximate surface area is 190 Å². The maximum atomic E-state index is 12.9. The largest absolute Gasteiger partial charge is 0.340 e. The summed E-state index contributed by atoms with van der Waals surface area (Å²) >= 11 is 2.22.